The van der Waals surface area contributed by atoms with Gasteiger partial charge in [-0.15, -0.1) is 0 Å². The van der Waals surface area contributed by atoms with E-state index in [4.69, 9.17) is 11.5 Å². The van der Waals surface area contributed by atoms with Crippen molar-refractivity contribution in [3.8, 4) is 0 Å². The molecule has 0 aliphatic carbocycles. The minimum absolute atomic E-state index is 0.114. The van der Waals surface area contributed by atoms with Gasteiger partial charge in [0.1, 0.15) is 12.1 Å². The molecular weight excluding hydrogens is 450 g/mol. The fourth-order valence-corrected chi connectivity index (χ4v) is 2.98. The number of rotatable bonds is 14. The lowest BCUT2D eigenvalue weighted by molar-refractivity contribution is -0.145. The first-order valence-electron chi connectivity index (χ1n) is 10.7. The van der Waals surface area contributed by atoms with Gasteiger partial charge < -0.3 is 42.6 Å². The molecule has 0 spiro atoms. The van der Waals surface area contributed by atoms with E-state index in [0.29, 0.717) is 5.69 Å². The van der Waals surface area contributed by atoms with Crippen LogP contribution in [0.3, 0.4) is 0 Å². The molecule has 14 heteroatoms. The number of imidazole rings is 1. The number of carbonyl (C=O) groups is 5. The lowest BCUT2D eigenvalue weighted by Gasteiger charge is -2.27. The van der Waals surface area contributed by atoms with E-state index in [1.165, 1.54) is 19.4 Å². The lowest BCUT2D eigenvalue weighted by Crippen LogP contribution is -2.59. The first-order chi connectivity index (χ1) is 15.8. The van der Waals surface area contributed by atoms with E-state index in [0.717, 1.165) is 0 Å². The third-order valence-electron chi connectivity index (χ3n) is 4.94. The Balaban J connectivity index is 2.94. The van der Waals surface area contributed by atoms with Gasteiger partial charge in [-0.1, -0.05) is 13.8 Å². The van der Waals surface area contributed by atoms with Crippen LogP contribution in [0.5, 0.6) is 0 Å². The number of carbonyl (C=O) groups excluding carboxylic acids is 4. The molecule has 4 amide bonds. The summed E-state index contributed by atoms with van der Waals surface area (Å²) < 4.78 is 0. The summed E-state index contributed by atoms with van der Waals surface area (Å²) >= 11 is 0. The standard InChI is InChI=1S/C20H33N7O7/c1-9(2)15(19(32)27-16(10(3)28)20(33)34)26-18(31)13(4-5-14(22)29)25-17(30)12(21)6-11-7-23-8-24-11/h7-10,12-13,15-16,28H,4-6,21H2,1-3H3,(H2,22,29)(H,23,24)(H,25,30)(H,26,31)(H,27,32)(H,33,34). The number of hydrogen-bond acceptors (Lipinski definition) is 8. The van der Waals surface area contributed by atoms with Crippen LogP contribution in [-0.4, -0.2) is 80.1 Å². The van der Waals surface area contributed by atoms with Crippen LogP contribution in [0.15, 0.2) is 12.5 Å². The predicted octanol–water partition coefficient (Wildman–Crippen LogP) is -2.88. The SMILES string of the molecule is CC(C)C(NC(=O)C(CCC(N)=O)NC(=O)C(N)Cc1cnc[nH]1)C(=O)NC(C(=O)O)C(C)O. The molecule has 1 aromatic rings. The number of aliphatic hydroxyl groups excluding tert-OH is 1. The first kappa shape index (κ1) is 28.5. The molecule has 0 aliphatic rings. The second-order valence-electron chi connectivity index (χ2n) is 8.25. The summed E-state index contributed by atoms with van der Waals surface area (Å²) in [5.41, 5.74) is 11.7. The monoisotopic (exact) mass is 483 g/mol. The minimum atomic E-state index is -1.59. The van der Waals surface area contributed by atoms with Crippen molar-refractivity contribution in [3.63, 3.8) is 0 Å². The molecule has 190 valence electrons. The van der Waals surface area contributed by atoms with Gasteiger partial charge in [0.15, 0.2) is 6.04 Å². The van der Waals surface area contributed by atoms with Crippen molar-refractivity contribution >= 4 is 29.6 Å². The number of H-pyrrole nitrogens is 1. The maximum absolute atomic E-state index is 12.9. The number of carboxylic acids is 1. The number of nitrogens with zero attached hydrogens (tertiary/aromatic N) is 1. The van der Waals surface area contributed by atoms with Crippen LogP contribution in [0.2, 0.25) is 0 Å². The molecule has 0 bridgehead atoms. The van der Waals surface area contributed by atoms with Crippen LogP contribution in [0.25, 0.3) is 0 Å². The molecule has 1 heterocycles. The van der Waals surface area contributed by atoms with Crippen molar-refractivity contribution < 1.29 is 34.2 Å². The maximum Gasteiger partial charge on any atom is 0.328 e. The van der Waals surface area contributed by atoms with Crippen LogP contribution in [0.1, 0.15) is 39.3 Å². The second kappa shape index (κ2) is 13.3. The van der Waals surface area contributed by atoms with Crippen LogP contribution >= 0.6 is 0 Å². The number of amides is 4. The minimum Gasteiger partial charge on any atom is -0.480 e. The van der Waals surface area contributed by atoms with Gasteiger partial charge in [0.05, 0.1) is 18.5 Å². The summed E-state index contributed by atoms with van der Waals surface area (Å²) in [7, 11) is 0. The fourth-order valence-electron chi connectivity index (χ4n) is 2.98. The molecule has 0 saturated carbocycles. The number of aromatic nitrogens is 2. The van der Waals surface area contributed by atoms with E-state index in [1.54, 1.807) is 13.8 Å². The highest BCUT2D eigenvalue weighted by molar-refractivity contribution is 5.94. The van der Waals surface area contributed by atoms with Crippen molar-refractivity contribution in [2.24, 2.45) is 17.4 Å². The summed E-state index contributed by atoms with van der Waals surface area (Å²) in [6.45, 7) is 4.42. The van der Waals surface area contributed by atoms with Crippen LogP contribution in [0.4, 0.5) is 0 Å². The maximum atomic E-state index is 12.9. The van der Waals surface area contributed by atoms with E-state index >= 15 is 0 Å². The molecule has 10 N–H and O–H groups in total. The van der Waals surface area contributed by atoms with E-state index in [2.05, 4.69) is 25.9 Å². The Morgan fingerprint density at radius 2 is 1.65 bits per heavy atom. The predicted molar refractivity (Wildman–Crippen MR) is 119 cm³/mol. The van der Waals surface area contributed by atoms with E-state index < -0.39 is 65.8 Å². The highest BCUT2D eigenvalue weighted by Crippen LogP contribution is 2.07. The summed E-state index contributed by atoms with van der Waals surface area (Å²) in [5, 5.41) is 25.9. The number of aliphatic hydroxyl groups is 1. The van der Waals surface area contributed by atoms with Crippen molar-refractivity contribution in [2.75, 3.05) is 0 Å². The molecule has 14 nitrogen and oxygen atoms in total. The Morgan fingerprint density at radius 1 is 1.03 bits per heavy atom. The number of nitrogens with one attached hydrogen (secondary N) is 4. The smallest absolute Gasteiger partial charge is 0.328 e. The third-order valence-corrected chi connectivity index (χ3v) is 4.94. The van der Waals surface area contributed by atoms with E-state index in [9.17, 15) is 34.2 Å². The van der Waals surface area contributed by atoms with Crippen molar-refractivity contribution in [1.29, 1.82) is 0 Å². The van der Waals surface area contributed by atoms with Gasteiger partial charge >= 0.3 is 5.97 Å². The van der Waals surface area contributed by atoms with Gasteiger partial charge in [0, 0.05) is 24.7 Å². The summed E-state index contributed by atoms with van der Waals surface area (Å²) in [5.74, 6) is -4.94. The van der Waals surface area contributed by atoms with Gasteiger partial charge in [-0.25, -0.2) is 9.78 Å². The normalized spacial score (nSPS) is 15.5. The Labute approximate surface area is 196 Å². The Bertz CT molecular complexity index is 857. The zero-order chi connectivity index (χ0) is 26.0. The molecule has 0 fully saturated rings. The summed E-state index contributed by atoms with van der Waals surface area (Å²) in [6, 6.07) is -5.05. The molecule has 0 radical (unpaired) electrons. The quantitative estimate of drug-likeness (QED) is 0.135. The lowest BCUT2D eigenvalue weighted by atomic mass is 10.0. The van der Waals surface area contributed by atoms with Crippen LogP contribution < -0.4 is 27.4 Å². The van der Waals surface area contributed by atoms with Gasteiger partial charge in [-0.2, -0.15) is 0 Å². The van der Waals surface area contributed by atoms with E-state index in [1.807, 2.05) is 0 Å². The molecular formula is C20H33N7O7. The van der Waals surface area contributed by atoms with Crippen LogP contribution in [-0.2, 0) is 30.4 Å². The Morgan fingerprint density at radius 3 is 2.12 bits per heavy atom. The number of hydrogen-bond donors (Lipinski definition) is 8. The fraction of sp³-hybridized carbons (Fsp3) is 0.600. The molecule has 0 saturated heterocycles. The number of carboxylic acid groups (broad SMARTS) is 1. The Hall–Kier alpha value is -3.52. The number of nitrogens with two attached hydrogens (primary N) is 2. The van der Waals surface area contributed by atoms with Gasteiger partial charge in [-0.05, 0) is 19.3 Å². The molecule has 0 aliphatic heterocycles. The topological polar surface area (TPSA) is 243 Å². The summed E-state index contributed by atoms with van der Waals surface area (Å²) in [6.07, 6.45) is 1.27. The zero-order valence-corrected chi connectivity index (χ0v) is 19.3. The second-order valence-corrected chi connectivity index (χ2v) is 8.25. The summed E-state index contributed by atoms with van der Waals surface area (Å²) in [4.78, 5) is 67.3. The van der Waals surface area contributed by atoms with Crippen molar-refractivity contribution in [3.05, 3.63) is 18.2 Å². The first-order valence-corrected chi connectivity index (χ1v) is 10.7. The highest BCUT2D eigenvalue weighted by Gasteiger charge is 2.33. The molecule has 1 aromatic heterocycles. The average molecular weight is 484 g/mol. The third kappa shape index (κ3) is 9.15. The molecule has 1 rings (SSSR count). The van der Waals surface area contributed by atoms with Crippen LogP contribution in [0, 0.1) is 5.92 Å². The van der Waals surface area contributed by atoms with Gasteiger partial charge in [-0.3, -0.25) is 19.2 Å². The molecule has 34 heavy (non-hydrogen) atoms. The van der Waals surface area contributed by atoms with Crippen molar-refractivity contribution in [1.82, 2.24) is 25.9 Å². The molecule has 5 atom stereocenters. The van der Waals surface area contributed by atoms with Gasteiger partial charge in [0.2, 0.25) is 23.6 Å². The highest BCUT2D eigenvalue weighted by atomic mass is 16.4. The molecule has 5 unspecified atom stereocenters. The Kier molecular flexibility index (Phi) is 11.1. The number of aliphatic carboxylic acids is 1. The largest absolute Gasteiger partial charge is 0.480 e. The number of aromatic amines is 1. The van der Waals surface area contributed by atoms with E-state index in [-0.39, 0.29) is 19.3 Å². The van der Waals surface area contributed by atoms with Gasteiger partial charge in [0.25, 0.3) is 0 Å². The average Bonchev–Trinajstić information content (AvgIpc) is 3.24. The number of primary amides is 1. The molecule has 0 aromatic carbocycles. The zero-order valence-electron chi connectivity index (χ0n) is 19.3. The van der Waals surface area contributed by atoms with Crippen molar-refractivity contribution in [2.45, 2.75) is 70.3 Å².